The van der Waals surface area contributed by atoms with E-state index in [-0.39, 0.29) is 22.3 Å². The average molecular weight is 321 g/mol. The first kappa shape index (κ1) is 15.3. The summed E-state index contributed by atoms with van der Waals surface area (Å²) < 4.78 is 14.5. The number of aromatic hydroxyl groups is 1. The van der Waals surface area contributed by atoms with E-state index in [1.807, 2.05) is 7.05 Å². The van der Waals surface area contributed by atoms with Crippen LogP contribution in [0.5, 0.6) is 5.75 Å². The molecule has 1 aliphatic rings. The molecule has 0 spiro atoms. The van der Waals surface area contributed by atoms with Gasteiger partial charge in [0.1, 0.15) is 11.3 Å². The summed E-state index contributed by atoms with van der Waals surface area (Å²) in [6.07, 6.45) is 1.01. The van der Waals surface area contributed by atoms with Gasteiger partial charge in [0, 0.05) is 32.4 Å². The highest BCUT2D eigenvalue weighted by Crippen LogP contribution is 2.36. The Bertz CT molecular complexity index is 841. The minimum atomic E-state index is -1.41. The zero-order chi connectivity index (χ0) is 16.7. The van der Waals surface area contributed by atoms with Gasteiger partial charge in [-0.25, -0.2) is 9.18 Å². The van der Waals surface area contributed by atoms with Gasteiger partial charge in [-0.1, -0.05) is 0 Å². The molecule has 0 aliphatic carbocycles. The number of anilines is 1. The number of rotatable bonds is 2. The number of hydrogen-bond donors (Lipinski definition) is 3. The number of nitrogens with zero attached hydrogens (tertiary/aromatic N) is 2. The maximum Gasteiger partial charge on any atom is 0.341 e. The van der Waals surface area contributed by atoms with Crippen LogP contribution in [0.15, 0.2) is 17.1 Å². The molecule has 1 aromatic heterocycles. The highest BCUT2D eigenvalue weighted by molar-refractivity contribution is 5.96. The third-order valence-electron chi connectivity index (χ3n) is 4.13. The predicted octanol–water partition coefficient (Wildman–Crippen LogP) is 0.823. The molecule has 0 unspecified atom stereocenters. The number of halogens is 1. The molecule has 1 aliphatic heterocycles. The van der Waals surface area contributed by atoms with Gasteiger partial charge in [-0.15, -0.1) is 0 Å². The fourth-order valence-electron chi connectivity index (χ4n) is 2.80. The summed E-state index contributed by atoms with van der Waals surface area (Å²) in [5, 5.41) is 19.2. The smallest absolute Gasteiger partial charge is 0.341 e. The fourth-order valence-corrected chi connectivity index (χ4v) is 2.80. The second kappa shape index (κ2) is 5.54. The lowest BCUT2D eigenvalue weighted by molar-refractivity contribution is 0.0695. The van der Waals surface area contributed by atoms with Crippen LogP contribution in [0, 0.1) is 5.82 Å². The van der Waals surface area contributed by atoms with Gasteiger partial charge >= 0.3 is 5.97 Å². The number of likely N-dealkylation sites (N-methyl/N-ethyl adjacent to an activating group) is 1. The van der Waals surface area contributed by atoms with Gasteiger partial charge in [-0.2, -0.15) is 0 Å². The molecule has 2 aromatic rings. The van der Waals surface area contributed by atoms with Crippen LogP contribution < -0.4 is 10.3 Å². The summed E-state index contributed by atoms with van der Waals surface area (Å²) in [6, 6.07) is 0.980. The summed E-state index contributed by atoms with van der Waals surface area (Å²) in [7, 11) is 1.96. The molecular weight excluding hydrogens is 305 g/mol. The number of phenolic OH excluding ortho intramolecular Hbond substituents is 1. The minimum Gasteiger partial charge on any atom is -0.504 e. The Hall–Kier alpha value is -2.61. The summed E-state index contributed by atoms with van der Waals surface area (Å²) in [6.45, 7) is 2.55. The Balaban J connectivity index is 2.17. The first-order valence-electron chi connectivity index (χ1n) is 7.13. The summed E-state index contributed by atoms with van der Waals surface area (Å²) in [4.78, 5) is 29.5. The highest BCUT2D eigenvalue weighted by Gasteiger charge is 2.24. The standard InChI is InChI=1S/C15H16FN3O4/c1-18-2-4-19(5-3-18)12-10(16)6-8-11(14(12)21)17-7-9(13(8)20)15(22)23/h6-7,21H,2-5H2,1H3,(H,17,20)(H,22,23). The number of aromatic carboxylic acids is 1. The van der Waals surface area contributed by atoms with E-state index >= 15 is 0 Å². The number of pyridine rings is 1. The molecule has 1 fully saturated rings. The maximum atomic E-state index is 14.5. The van der Waals surface area contributed by atoms with Crippen molar-refractivity contribution in [3.8, 4) is 5.75 Å². The molecule has 3 rings (SSSR count). The van der Waals surface area contributed by atoms with Crippen molar-refractivity contribution in [1.29, 1.82) is 0 Å². The lowest BCUT2D eigenvalue weighted by Crippen LogP contribution is -2.44. The maximum absolute atomic E-state index is 14.5. The Morgan fingerprint density at radius 1 is 1.30 bits per heavy atom. The summed E-state index contributed by atoms with van der Waals surface area (Å²) in [5.41, 5.74) is -1.26. The van der Waals surface area contributed by atoms with E-state index in [9.17, 15) is 19.1 Å². The highest BCUT2D eigenvalue weighted by atomic mass is 19.1. The molecule has 122 valence electrons. The van der Waals surface area contributed by atoms with Crippen LogP contribution >= 0.6 is 0 Å². The molecular formula is C15H16FN3O4. The van der Waals surface area contributed by atoms with Crippen LogP contribution in [-0.4, -0.2) is 59.3 Å². The number of piperazine rings is 1. The zero-order valence-corrected chi connectivity index (χ0v) is 12.5. The Labute approximate surface area is 130 Å². The van der Waals surface area contributed by atoms with E-state index in [0.717, 1.165) is 25.4 Å². The van der Waals surface area contributed by atoms with E-state index in [1.54, 1.807) is 4.90 Å². The van der Waals surface area contributed by atoms with Crippen LogP contribution in [0.25, 0.3) is 10.9 Å². The number of hydrogen-bond acceptors (Lipinski definition) is 5. The Kier molecular flexibility index (Phi) is 3.69. The first-order valence-corrected chi connectivity index (χ1v) is 7.13. The van der Waals surface area contributed by atoms with Crippen molar-refractivity contribution in [2.24, 2.45) is 0 Å². The fraction of sp³-hybridized carbons (Fsp3) is 0.333. The number of aromatic amines is 1. The molecule has 0 radical (unpaired) electrons. The Morgan fingerprint density at radius 3 is 2.57 bits per heavy atom. The summed E-state index contributed by atoms with van der Waals surface area (Å²) >= 11 is 0. The van der Waals surface area contributed by atoms with Crippen molar-refractivity contribution < 1.29 is 19.4 Å². The average Bonchev–Trinajstić information content (AvgIpc) is 2.50. The molecule has 0 atom stereocenters. The van der Waals surface area contributed by atoms with Crippen molar-refractivity contribution in [2.75, 3.05) is 38.1 Å². The third kappa shape index (κ3) is 2.50. The quantitative estimate of drug-likeness (QED) is 0.758. The van der Waals surface area contributed by atoms with E-state index in [4.69, 9.17) is 5.11 Å². The second-order valence-electron chi connectivity index (χ2n) is 5.61. The van der Waals surface area contributed by atoms with Gasteiger partial charge < -0.3 is 25.0 Å². The van der Waals surface area contributed by atoms with Crippen molar-refractivity contribution in [2.45, 2.75) is 0 Å². The van der Waals surface area contributed by atoms with Crippen LogP contribution in [0.2, 0.25) is 0 Å². The van der Waals surface area contributed by atoms with Crippen LogP contribution in [-0.2, 0) is 0 Å². The number of fused-ring (bicyclic) bond motifs is 1. The predicted molar refractivity (Wildman–Crippen MR) is 82.9 cm³/mol. The van der Waals surface area contributed by atoms with Gasteiger partial charge in [-0.3, -0.25) is 4.79 Å². The molecule has 23 heavy (non-hydrogen) atoms. The molecule has 0 bridgehead atoms. The number of carbonyl (C=O) groups is 1. The van der Waals surface area contributed by atoms with Crippen molar-refractivity contribution >= 4 is 22.6 Å². The Morgan fingerprint density at radius 2 is 1.96 bits per heavy atom. The van der Waals surface area contributed by atoms with E-state index < -0.39 is 22.8 Å². The molecule has 2 heterocycles. The first-order chi connectivity index (χ1) is 10.9. The second-order valence-corrected chi connectivity index (χ2v) is 5.61. The van der Waals surface area contributed by atoms with E-state index in [0.29, 0.717) is 13.1 Å². The number of aromatic nitrogens is 1. The molecule has 1 saturated heterocycles. The van der Waals surface area contributed by atoms with Gasteiger partial charge in [0.15, 0.2) is 11.6 Å². The van der Waals surface area contributed by atoms with Gasteiger partial charge in [0.2, 0.25) is 5.43 Å². The van der Waals surface area contributed by atoms with Gasteiger partial charge in [0.25, 0.3) is 0 Å². The van der Waals surface area contributed by atoms with Crippen molar-refractivity contribution in [3.05, 3.63) is 33.9 Å². The van der Waals surface area contributed by atoms with Gasteiger partial charge in [0.05, 0.1) is 10.9 Å². The van der Waals surface area contributed by atoms with Crippen LogP contribution in [0.3, 0.4) is 0 Å². The molecule has 0 saturated carbocycles. The number of carboxylic acids is 1. The minimum absolute atomic E-state index is 0.0318. The number of phenols is 1. The largest absolute Gasteiger partial charge is 0.504 e. The molecule has 3 N–H and O–H groups in total. The lowest BCUT2D eigenvalue weighted by Gasteiger charge is -2.34. The zero-order valence-electron chi connectivity index (χ0n) is 12.5. The van der Waals surface area contributed by atoms with Crippen LogP contribution in [0.1, 0.15) is 10.4 Å². The monoisotopic (exact) mass is 321 g/mol. The van der Waals surface area contributed by atoms with Gasteiger partial charge in [-0.05, 0) is 13.1 Å². The third-order valence-corrected chi connectivity index (χ3v) is 4.13. The molecule has 1 aromatic carbocycles. The lowest BCUT2D eigenvalue weighted by atomic mass is 10.1. The number of carboxylic acid groups (broad SMARTS) is 1. The molecule has 0 amide bonds. The number of H-pyrrole nitrogens is 1. The molecule has 7 nitrogen and oxygen atoms in total. The SMILES string of the molecule is CN1CCN(c2c(F)cc3c(=O)c(C(=O)O)c[nH]c3c2O)CC1. The topological polar surface area (TPSA) is 96.9 Å². The normalized spacial score (nSPS) is 16.0. The van der Waals surface area contributed by atoms with Crippen molar-refractivity contribution in [1.82, 2.24) is 9.88 Å². The number of benzene rings is 1. The number of nitrogens with one attached hydrogen (secondary N) is 1. The van der Waals surface area contributed by atoms with E-state index in [2.05, 4.69) is 9.88 Å². The molecule has 8 heteroatoms. The van der Waals surface area contributed by atoms with Crippen molar-refractivity contribution in [3.63, 3.8) is 0 Å². The van der Waals surface area contributed by atoms with Crippen LogP contribution in [0.4, 0.5) is 10.1 Å². The van der Waals surface area contributed by atoms with E-state index in [1.165, 1.54) is 0 Å². The summed E-state index contributed by atoms with van der Waals surface area (Å²) in [5.74, 6) is -2.53.